The first-order valence-electron chi connectivity index (χ1n) is 6.55. The standard InChI is InChI=1S/C15H22BrNO2S/c1-15(2,3)17-10-11-5-6-12(9-13(11)16)20-8-7-14(18)19-4/h5-6,9,17H,7-8,10H2,1-4H3. The van der Waals surface area contributed by atoms with Crippen molar-refractivity contribution < 1.29 is 9.53 Å². The van der Waals surface area contributed by atoms with Crippen LogP contribution in [-0.4, -0.2) is 24.4 Å². The molecule has 0 unspecified atom stereocenters. The third-order valence-corrected chi connectivity index (χ3v) is 4.37. The van der Waals surface area contributed by atoms with E-state index in [1.807, 2.05) is 0 Å². The van der Waals surface area contributed by atoms with Crippen molar-refractivity contribution in [2.75, 3.05) is 12.9 Å². The summed E-state index contributed by atoms with van der Waals surface area (Å²) in [6.45, 7) is 7.28. The largest absolute Gasteiger partial charge is 0.469 e. The highest BCUT2D eigenvalue weighted by Gasteiger charge is 2.10. The number of ether oxygens (including phenoxy) is 1. The highest BCUT2D eigenvalue weighted by Crippen LogP contribution is 2.26. The van der Waals surface area contributed by atoms with E-state index in [9.17, 15) is 4.79 Å². The second kappa shape index (κ2) is 8.05. The summed E-state index contributed by atoms with van der Waals surface area (Å²) in [5.41, 5.74) is 1.34. The van der Waals surface area contributed by atoms with Gasteiger partial charge in [0.15, 0.2) is 0 Å². The van der Waals surface area contributed by atoms with Crippen molar-refractivity contribution in [3.05, 3.63) is 28.2 Å². The number of thioether (sulfide) groups is 1. The van der Waals surface area contributed by atoms with Crippen molar-refractivity contribution in [3.8, 4) is 0 Å². The maximum atomic E-state index is 11.0. The highest BCUT2D eigenvalue weighted by molar-refractivity contribution is 9.10. The lowest BCUT2D eigenvalue weighted by molar-refractivity contribution is -0.140. The second-order valence-electron chi connectivity index (χ2n) is 5.53. The van der Waals surface area contributed by atoms with E-state index in [1.54, 1.807) is 11.8 Å². The first-order valence-corrected chi connectivity index (χ1v) is 8.33. The van der Waals surface area contributed by atoms with Crippen LogP contribution in [0.1, 0.15) is 32.8 Å². The molecule has 3 nitrogen and oxygen atoms in total. The summed E-state index contributed by atoms with van der Waals surface area (Å²) in [4.78, 5) is 12.2. The Labute approximate surface area is 134 Å². The lowest BCUT2D eigenvalue weighted by Gasteiger charge is -2.21. The highest BCUT2D eigenvalue weighted by atomic mass is 79.9. The number of halogens is 1. The second-order valence-corrected chi connectivity index (χ2v) is 7.55. The summed E-state index contributed by atoms with van der Waals surface area (Å²) in [5, 5.41) is 3.47. The molecule has 0 spiro atoms. The Bertz CT molecular complexity index is 458. The molecule has 0 aromatic heterocycles. The fraction of sp³-hybridized carbons (Fsp3) is 0.533. The summed E-state index contributed by atoms with van der Waals surface area (Å²) >= 11 is 5.26. The van der Waals surface area contributed by atoms with Crippen molar-refractivity contribution in [2.24, 2.45) is 0 Å². The van der Waals surface area contributed by atoms with Crippen molar-refractivity contribution in [1.82, 2.24) is 5.32 Å². The predicted octanol–water partition coefficient (Wildman–Crippen LogP) is 3.99. The molecule has 5 heteroatoms. The van der Waals surface area contributed by atoms with E-state index < -0.39 is 0 Å². The molecule has 20 heavy (non-hydrogen) atoms. The Morgan fingerprint density at radius 3 is 2.65 bits per heavy atom. The Morgan fingerprint density at radius 1 is 1.40 bits per heavy atom. The lowest BCUT2D eigenvalue weighted by Crippen LogP contribution is -2.35. The van der Waals surface area contributed by atoms with Gasteiger partial charge < -0.3 is 10.1 Å². The van der Waals surface area contributed by atoms with Gasteiger partial charge in [-0.3, -0.25) is 4.79 Å². The van der Waals surface area contributed by atoms with Crippen LogP contribution in [0.2, 0.25) is 0 Å². The molecule has 0 atom stereocenters. The molecule has 0 saturated carbocycles. The number of benzene rings is 1. The molecular weight excluding hydrogens is 338 g/mol. The van der Waals surface area contributed by atoms with Crippen LogP contribution in [0, 0.1) is 0 Å². The summed E-state index contributed by atoms with van der Waals surface area (Å²) in [6.07, 6.45) is 0.437. The van der Waals surface area contributed by atoms with E-state index in [0.29, 0.717) is 6.42 Å². The van der Waals surface area contributed by atoms with Gasteiger partial charge in [0, 0.05) is 27.2 Å². The number of hydrogen-bond donors (Lipinski definition) is 1. The summed E-state index contributed by atoms with van der Waals surface area (Å²) in [7, 11) is 1.42. The molecule has 0 aliphatic heterocycles. The maximum Gasteiger partial charge on any atom is 0.306 e. The van der Waals surface area contributed by atoms with Gasteiger partial charge in [-0.05, 0) is 38.5 Å². The van der Waals surface area contributed by atoms with Gasteiger partial charge in [0.25, 0.3) is 0 Å². The van der Waals surface area contributed by atoms with E-state index >= 15 is 0 Å². The number of esters is 1. The van der Waals surface area contributed by atoms with Gasteiger partial charge in [0.1, 0.15) is 0 Å². The number of nitrogens with one attached hydrogen (secondary N) is 1. The molecule has 1 rings (SSSR count). The van der Waals surface area contributed by atoms with Crippen LogP contribution in [-0.2, 0) is 16.1 Å². The SMILES string of the molecule is COC(=O)CCSc1ccc(CNC(C)(C)C)c(Br)c1. The van der Waals surface area contributed by atoms with Gasteiger partial charge in [0.2, 0.25) is 0 Å². The topological polar surface area (TPSA) is 38.3 Å². The molecule has 0 amide bonds. The van der Waals surface area contributed by atoms with E-state index in [1.165, 1.54) is 12.7 Å². The zero-order valence-corrected chi connectivity index (χ0v) is 14.9. The number of carbonyl (C=O) groups is 1. The van der Waals surface area contributed by atoms with Gasteiger partial charge in [-0.25, -0.2) is 0 Å². The minimum absolute atomic E-state index is 0.105. The zero-order valence-electron chi connectivity index (χ0n) is 12.5. The van der Waals surface area contributed by atoms with Crippen molar-refractivity contribution in [1.29, 1.82) is 0 Å². The van der Waals surface area contributed by atoms with Crippen LogP contribution >= 0.6 is 27.7 Å². The molecule has 0 saturated heterocycles. The van der Waals surface area contributed by atoms with Gasteiger partial charge in [-0.2, -0.15) is 0 Å². The molecule has 0 fully saturated rings. The van der Waals surface area contributed by atoms with Gasteiger partial charge in [0.05, 0.1) is 13.5 Å². The predicted molar refractivity (Wildman–Crippen MR) is 88.1 cm³/mol. The number of rotatable bonds is 6. The average molecular weight is 360 g/mol. The van der Waals surface area contributed by atoms with Crippen LogP contribution in [0.25, 0.3) is 0 Å². The van der Waals surface area contributed by atoms with Crippen LogP contribution in [0.3, 0.4) is 0 Å². The molecule has 0 radical (unpaired) electrons. The van der Waals surface area contributed by atoms with E-state index in [4.69, 9.17) is 0 Å². The fourth-order valence-corrected chi connectivity index (χ4v) is 3.02. The summed E-state index contributed by atoms with van der Waals surface area (Å²) in [6, 6.07) is 6.30. The quantitative estimate of drug-likeness (QED) is 0.615. The van der Waals surface area contributed by atoms with Crippen LogP contribution in [0.15, 0.2) is 27.6 Å². The Kier molecular flexibility index (Phi) is 7.06. The Balaban J connectivity index is 2.53. The normalized spacial score (nSPS) is 11.4. The average Bonchev–Trinajstić information content (AvgIpc) is 2.36. The number of methoxy groups -OCH3 is 1. The van der Waals surface area contributed by atoms with Crippen molar-refractivity contribution in [3.63, 3.8) is 0 Å². The smallest absolute Gasteiger partial charge is 0.306 e. The van der Waals surface area contributed by atoms with Gasteiger partial charge in [-0.15, -0.1) is 11.8 Å². The molecule has 0 aliphatic rings. The van der Waals surface area contributed by atoms with Crippen LogP contribution in [0.4, 0.5) is 0 Å². The van der Waals surface area contributed by atoms with Gasteiger partial charge >= 0.3 is 5.97 Å². The van der Waals surface area contributed by atoms with Crippen molar-refractivity contribution >= 4 is 33.7 Å². The molecular formula is C15H22BrNO2S. The van der Waals surface area contributed by atoms with Crippen LogP contribution in [0.5, 0.6) is 0 Å². The molecule has 0 bridgehead atoms. The Hall–Kier alpha value is -0.520. The third-order valence-electron chi connectivity index (χ3n) is 2.64. The summed E-state index contributed by atoms with van der Waals surface area (Å²) in [5.74, 6) is 0.571. The number of carbonyl (C=O) groups excluding carboxylic acids is 1. The molecule has 1 N–H and O–H groups in total. The molecule has 112 valence electrons. The third kappa shape index (κ3) is 6.77. The molecule has 0 aliphatic carbocycles. The minimum Gasteiger partial charge on any atom is -0.469 e. The maximum absolute atomic E-state index is 11.0. The van der Waals surface area contributed by atoms with E-state index in [0.717, 1.165) is 21.7 Å². The minimum atomic E-state index is -0.164. The van der Waals surface area contributed by atoms with Crippen LogP contribution < -0.4 is 5.32 Å². The number of hydrogen-bond acceptors (Lipinski definition) is 4. The first-order chi connectivity index (χ1) is 9.31. The zero-order chi connectivity index (χ0) is 15.2. The molecule has 1 aromatic carbocycles. The van der Waals surface area contributed by atoms with E-state index in [2.05, 4.69) is 65.0 Å². The molecule has 1 aromatic rings. The first kappa shape index (κ1) is 17.5. The fourth-order valence-electron chi connectivity index (χ4n) is 1.48. The monoisotopic (exact) mass is 359 g/mol. The van der Waals surface area contributed by atoms with Gasteiger partial charge in [-0.1, -0.05) is 22.0 Å². The van der Waals surface area contributed by atoms with Crippen molar-refractivity contribution in [2.45, 2.75) is 44.2 Å². The summed E-state index contributed by atoms with van der Waals surface area (Å²) < 4.78 is 5.72. The lowest BCUT2D eigenvalue weighted by atomic mass is 10.1. The Morgan fingerprint density at radius 2 is 2.10 bits per heavy atom. The molecule has 0 heterocycles. The van der Waals surface area contributed by atoms with E-state index in [-0.39, 0.29) is 11.5 Å².